The highest BCUT2D eigenvalue weighted by molar-refractivity contribution is 5.30. The zero-order valence-corrected chi connectivity index (χ0v) is 14.5. The normalized spacial score (nSPS) is 13.6. The van der Waals surface area contributed by atoms with Crippen LogP contribution in [0.25, 0.3) is 5.69 Å². The maximum atomic E-state index is 12.8. The molecule has 2 atom stereocenters. The summed E-state index contributed by atoms with van der Waals surface area (Å²) in [6, 6.07) is 8.44. The van der Waals surface area contributed by atoms with Gasteiger partial charge in [0.2, 0.25) is 0 Å². The molecule has 0 unspecified atom stereocenters. The maximum Gasteiger partial charge on any atom is 0.352 e. The van der Waals surface area contributed by atoms with E-state index in [4.69, 9.17) is 4.74 Å². The Morgan fingerprint density at radius 2 is 1.96 bits per heavy atom. The molecule has 0 saturated carbocycles. The smallest absolute Gasteiger partial charge is 0.352 e. The van der Waals surface area contributed by atoms with Gasteiger partial charge in [-0.3, -0.25) is 0 Å². The highest BCUT2D eigenvalue weighted by Gasteiger charge is 2.27. The molecule has 0 fully saturated rings. The molecule has 2 aromatic rings. The van der Waals surface area contributed by atoms with E-state index in [9.17, 15) is 9.59 Å². The molecule has 1 N–H and O–H groups in total. The molecule has 0 bridgehead atoms. The van der Waals surface area contributed by atoms with Gasteiger partial charge in [-0.25, -0.2) is 23.9 Å². The maximum absolute atomic E-state index is 12.8. The molecule has 0 aliphatic heterocycles. The Labute approximate surface area is 141 Å². The number of ether oxygens (including phenoxy) is 1. The average Bonchev–Trinajstić information content (AvgIpc) is 2.86. The molecule has 0 aliphatic rings. The molecule has 130 valence electrons. The minimum Gasteiger partial charge on any atom is -0.379 e. The number of aromatic nitrogens is 3. The van der Waals surface area contributed by atoms with Gasteiger partial charge in [0.15, 0.2) is 0 Å². The number of hydrogen-bond acceptors (Lipinski definition) is 3. The van der Waals surface area contributed by atoms with Crippen LogP contribution < -0.4 is 11.4 Å². The van der Waals surface area contributed by atoms with Gasteiger partial charge in [-0.05, 0) is 25.5 Å². The van der Waals surface area contributed by atoms with Crippen LogP contribution in [0, 0.1) is 0 Å². The van der Waals surface area contributed by atoms with Crippen molar-refractivity contribution in [2.75, 3.05) is 7.11 Å². The van der Waals surface area contributed by atoms with Crippen molar-refractivity contribution in [1.29, 1.82) is 0 Å². The Balaban J connectivity index is 2.51. The van der Waals surface area contributed by atoms with Crippen molar-refractivity contribution in [3.05, 3.63) is 63.5 Å². The summed E-state index contributed by atoms with van der Waals surface area (Å²) >= 11 is 0. The Morgan fingerprint density at radius 3 is 2.50 bits per heavy atom. The monoisotopic (exact) mass is 331 g/mol. The van der Waals surface area contributed by atoms with Gasteiger partial charge < -0.3 is 4.74 Å². The molecular formula is C18H25N3O3. The van der Waals surface area contributed by atoms with Crippen molar-refractivity contribution in [2.45, 2.75) is 45.3 Å². The first-order chi connectivity index (χ1) is 11.5. The zero-order chi connectivity index (χ0) is 17.7. The first-order valence-corrected chi connectivity index (χ1v) is 8.18. The van der Waals surface area contributed by atoms with Gasteiger partial charge in [0.25, 0.3) is 0 Å². The lowest BCUT2D eigenvalue weighted by atomic mass is 9.99. The number of nitrogens with zero attached hydrogens (tertiary/aromatic N) is 2. The molecule has 0 amide bonds. The number of benzene rings is 1. The summed E-state index contributed by atoms with van der Waals surface area (Å²) in [6.07, 6.45) is 2.57. The Morgan fingerprint density at radius 1 is 1.29 bits per heavy atom. The molecule has 1 heterocycles. The van der Waals surface area contributed by atoms with E-state index in [0.29, 0.717) is 5.69 Å². The van der Waals surface area contributed by atoms with E-state index in [1.54, 1.807) is 31.4 Å². The zero-order valence-electron chi connectivity index (χ0n) is 14.5. The van der Waals surface area contributed by atoms with Crippen LogP contribution in [-0.4, -0.2) is 27.6 Å². The SMILES string of the molecule is C=C(C)[C@@H]([C@H](CCCC)OC)n1[nH]c(=O)n(-c2ccccc2)c1=O. The summed E-state index contributed by atoms with van der Waals surface area (Å²) in [6.45, 7) is 7.93. The number of methoxy groups -OCH3 is 1. The standard InChI is InChI=1S/C18H25N3O3/c1-5-6-12-15(24-4)16(13(2)3)21-18(23)20(17(22)19-21)14-10-8-7-9-11-14/h7-11,15-16H,2,5-6,12H2,1,3-4H3,(H,19,22)/t15-,16-/m0/s1. The summed E-state index contributed by atoms with van der Waals surface area (Å²) in [4.78, 5) is 25.2. The number of hydrogen-bond donors (Lipinski definition) is 1. The lowest BCUT2D eigenvalue weighted by Crippen LogP contribution is -2.35. The summed E-state index contributed by atoms with van der Waals surface area (Å²) in [7, 11) is 1.62. The number of rotatable bonds is 8. The second-order valence-electron chi connectivity index (χ2n) is 5.95. The molecule has 0 spiro atoms. The van der Waals surface area contributed by atoms with Crippen LogP contribution in [0.2, 0.25) is 0 Å². The predicted octanol–water partition coefficient (Wildman–Crippen LogP) is 2.65. The molecular weight excluding hydrogens is 306 g/mol. The fraction of sp³-hybridized carbons (Fsp3) is 0.444. The number of nitrogens with one attached hydrogen (secondary N) is 1. The summed E-state index contributed by atoms with van der Waals surface area (Å²) in [5.74, 6) is 0. The first-order valence-electron chi connectivity index (χ1n) is 8.18. The molecule has 0 aliphatic carbocycles. The third-order valence-corrected chi connectivity index (χ3v) is 4.11. The van der Waals surface area contributed by atoms with Crippen molar-refractivity contribution in [1.82, 2.24) is 14.3 Å². The highest BCUT2D eigenvalue weighted by Crippen LogP contribution is 2.23. The van der Waals surface area contributed by atoms with Gasteiger partial charge in [0.05, 0.1) is 11.8 Å². The van der Waals surface area contributed by atoms with Crippen molar-refractivity contribution < 1.29 is 4.74 Å². The topological polar surface area (TPSA) is 69.0 Å². The Bertz CT molecular complexity index is 786. The van der Waals surface area contributed by atoms with Gasteiger partial charge in [-0.15, -0.1) is 0 Å². The minimum atomic E-state index is -0.470. The fourth-order valence-electron chi connectivity index (χ4n) is 2.90. The van der Waals surface area contributed by atoms with E-state index in [2.05, 4.69) is 18.6 Å². The van der Waals surface area contributed by atoms with Crippen LogP contribution in [0.15, 0.2) is 52.1 Å². The van der Waals surface area contributed by atoms with Crippen LogP contribution in [-0.2, 0) is 4.74 Å². The van der Waals surface area contributed by atoms with E-state index in [1.165, 1.54) is 4.68 Å². The van der Waals surface area contributed by atoms with E-state index in [0.717, 1.165) is 29.4 Å². The Hall–Kier alpha value is -2.34. The van der Waals surface area contributed by atoms with Crippen molar-refractivity contribution >= 4 is 0 Å². The third kappa shape index (κ3) is 3.59. The predicted molar refractivity (Wildman–Crippen MR) is 94.8 cm³/mol. The van der Waals surface area contributed by atoms with Gasteiger partial charge >= 0.3 is 11.4 Å². The molecule has 24 heavy (non-hydrogen) atoms. The Kier molecular flexibility index (Phi) is 5.98. The largest absolute Gasteiger partial charge is 0.379 e. The second-order valence-corrected chi connectivity index (χ2v) is 5.95. The lowest BCUT2D eigenvalue weighted by Gasteiger charge is -2.26. The van der Waals surface area contributed by atoms with Crippen molar-refractivity contribution in [3.63, 3.8) is 0 Å². The third-order valence-electron chi connectivity index (χ3n) is 4.11. The van der Waals surface area contributed by atoms with Gasteiger partial charge in [0.1, 0.15) is 6.04 Å². The van der Waals surface area contributed by atoms with Gasteiger partial charge in [-0.1, -0.05) is 50.1 Å². The van der Waals surface area contributed by atoms with Crippen LogP contribution in [0.1, 0.15) is 39.2 Å². The van der Waals surface area contributed by atoms with Crippen LogP contribution >= 0.6 is 0 Å². The molecule has 0 saturated heterocycles. The van der Waals surface area contributed by atoms with Crippen LogP contribution in [0.5, 0.6) is 0 Å². The van der Waals surface area contributed by atoms with E-state index in [1.807, 2.05) is 13.0 Å². The molecule has 6 nitrogen and oxygen atoms in total. The fourth-order valence-corrected chi connectivity index (χ4v) is 2.90. The average molecular weight is 331 g/mol. The summed E-state index contributed by atoms with van der Waals surface area (Å²) < 4.78 is 8.05. The second kappa shape index (κ2) is 7.97. The minimum absolute atomic E-state index is 0.220. The van der Waals surface area contributed by atoms with Crippen molar-refractivity contribution in [2.24, 2.45) is 0 Å². The van der Waals surface area contributed by atoms with Crippen LogP contribution in [0.4, 0.5) is 0 Å². The van der Waals surface area contributed by atoms with Gasteiger partial charge in [0, 0.05) is 7.11 Å². The molecule has 1 aromatic heterocycles. The molecule has 0 radical (unpaired) electrons. The van der Waals surface area contributed by atoms with E-state index >= 15 is 0 Å². The number of aromatic amines is 1. The molecule has 1 aromatic carbocycles. The summed E-state index contributed by atoms with van der Waals surface area (Å²) in [5, 5.41) is 2.65. The van der Waals surface area contributed by atoms with Crippen LogP contribution in [0.3, 0.4) is 0 Å². The number of unbranched alkanes of at least 4 members (excludes halogenated alkanes) is 1. The quantitative estimate of drug-likeness (QED) is 0.756. The number of para-hydroxylation sites is 1. The van der Waals surface area contributed by atoms with Crippen molar-refractivity contribution in [3.8, 4) is 5.69 Å². The van der Waals surface area contributed by atoms with Gasteiger partial charge in [-0.2, -0.15) is 0 Å². The van der Waals surface area contributed by atoms with E-state index < -0.39 is 17.4 Å². The number of H-pyrrole nitrogens is 1. The lowest BCUT2D eigenvalue weighted by molar-refractivity contribution is 0.0547. The molecule has 2 rings (SSSR count). The van der Waals surface area contributed by atoms with E-state index in [-0.39, 0.29) is 6.10 Å². The highest BCUT2D eigenvalue weighted by atomic mass is 16.5. The molecule has 6 heteroatoms. The first kappa shape index (κ1) is 18.0. The summed E-state index contributed by atoms with van der Waals surface area (Å²) in [5.41, 5.74) is 0.410.